The summed E-state index contributed by atoms with van der Waals surface area (Å²) in [7, 11) is 5.68. The molecule has 3 heterocycles. The van der Waals surface area contributed by atoms with Gasteiger partial charge in [0.25, 0.3) is 0 Å². The van der Waals surface area contributed by atoms with Gasteiger partial charge >= 0.3 is 0 Å². The van der Waals surface area contributed by atoms with Gasteiger partial charge in [-0.2, -0.15) is 0 Å². The molecule has 0 spiro atoms. The molecule has 36 heavy (non-hydrogen) atoms. The number of benzene rings is 2. The lowest BCUT2D eigenvalue weighted by molar-refractivity contribution is 0.0689. The number of thiocarbonyl (C=S) groups is 1. The monoisotopic (exact) mass is 506 g/mol. The molecule has 0 amide bonds. The Hall–Kier alpha value is -3.47. The number of ether oxygens (including phenoxy) is 3. The van der Waals surface area contributed by atoms with Crippen LogP contribution in [0, 0.1) is 0 Å². The van der Waals surface area contributed by atoms with Crippen molar-refractivity contribution in [1.82, 2.24) is 15.3 Å². The molecular weight excluding hydrogens is 476 g/mol. The molecule has 2 aliphatic rings. The number of aromatic nitrogens is 2. The first kappa shape index (κ1) is 24.2. The molecule has 3 N–H and O–H groups in total. The van der Waals surface area contributed by atoms with Crippen LogP contribution in [0.15, 0.2) is 60.8 Å². The van der Waals surface area contributed by atoms with Gasteiger partial charge in [-0.05, 0) is 66.8 Å². The van der Waals surface area contributed by atoms with E-state index in [1.54, 1.807) is 13.3 Å². The molecule has 0 saturated carbocycles. The van der Waals surface area contributed by atoms with E-state index in [1.807, 2.05) is 68.7 Å². The van der Waals surface area contributed by atoms with Gasteiger partial charge in [0.05, 0.1) is 38.1 Å². The second-order valence-electron chi connectivity index (χ2n) is 8.99. The Morgan fingerprint density at radius 3 is 2.36 bits per heavy atom. The highest BCUT2D eigenvalue weighted by atomic mass is 32.1. The van der Waals surface area contributed by atoms with Crippen molar-refractivity contribution in [3.63, 3.8) is 0 Å². The minimum absolute atomic E-state index is 0.0469. The number of hydrogen-bond acceptors (Lipinski definition) is 8. The van der Waals surface area contributed by atoms with Crippen LogP contribution in [0.4, 0.5) is 17.3 Å². The van der Waals surface area contributed by atoms with E-state index in [-0.39, 0.29) is 24.3 Å². The third kappa shape index (κ3) is 5.35. The van der Waals surface area contributed by atoms with E-state index in [9.17, 15) is 0 Å². The number of nitrogens with zero attached hydrogens (tertiary/aromatic N) is 3. The number of methoxy groups -OCH3 is 1. The summed E-state index contributed by atoms with van der Waals surface area (Å²) in [5, 5.41) is 10.5. The molecule has 4 atom stereocenters. The van der Waals surface area contributed by atoms with E-state index in [4.69, 9.17) is 26.4 Å². The van der Waals surface area contributed by atoms with E-state index in [0.717, 1.165) is 28.4 Å². The molecule has 188 valence electrons. The van der Waals surface area contributed by atoms with Crippen molar-refractivity contribution in [2.75, 3.05) is 50.0 Å². The minimum Gasteiger partial charge on any atom is -0.497 e. The first-order valence-electron chi connectivity index (χ1n) is 11.8. The summed E-state index contributed by atoms with van der Waals surface area (Å²) in [4.78, 5) is 11.1. The first-order valence-corrected chi connectivity index (χ1v) is 12.2. The lowest BCUT2D eigenvalue weighted by atomic mass is 10.1. The Kier molecular flexibility index (Phi) is 7.17. The molecule has 0 unspecified atom stereocenters. The summed E-state index contributed by atoms with van der Waals surface area (Å²) in [6, 6.07) is 17.6. The largest absolute Gasteiger partial charge is 0.497 e. The van der Waals surface area contributed by atoms with Crippen molar-refractivity contribution >= 4 is 34.7 Å². The molecular formula is C26H30N6O3S. The normalized spacial score (nSPS) is 22.5. The van der Waals surface area contributed by atoms with E-state index in [0.29, 0.717) is 24.3 Å². The van der Waals surface area contributed by atoms with Crippen LogP contribution in [-0.2, 0) is 9.47 Å². The van der Waals surface area contributed by atoms with Crippen molar-refractivity contribution in [2.24, 2.45) is 0 Å². The zero-order valence-corrected chi connectivity index (χ0v) is 21.3. The van der Waals surface area contributed by atoms with Gasteiger partial charge in [0.1, 0.15) is 18.0 Å². The van der Waals surface area contributed by atoms with E-state index >= 15 is 0 Å². The Balaban J connectivity index is 1.17. The van der Waals surface area contributed by atoms with Gasteiger partial charge in [-0.1, -0.05) is 0 Å². The van der Waals surface area contributed by atoms with Crippen LogP contribution in [0.3, 0.4) is 0 Å². The molecule has 2 saturated heterocycles. The summed E-state index contributed by atoms with van der Waals surface area (Å²) < 4.78 is 17.4. The lowest BCUT2D eigenvalue weighted by Crippen LogP contribution is -2.46. The SMILES string of the molecule is COc1ccc(-c2ccnc(N[C@H]3CO[C@H]4[C@@H]3OC[C@@H]4NC(=S)Nc3ccc(N(C)C)cc3)n2)cc1. The Bertz CT molecular complexity index is 1190. The third-order valence-corrected chi connectivity index (χ3v) is 6.59. The van der Waals surface area contributed by atoms with Gasteiger partial charge in [-0.25, -0.2) is 9.97 Å². The fourth-order valence-corrected chi connectivity index (χ4v) is 4.71. The lowest BCUT2D eigenvalue weighted by Gasteiger charge is -2.20. The molecule has 3 aromatic rings. The van der Waals surface area contributed by atoms with Crippen molar-refractivity contribution in [1.29, 1.82) is 0 Å². The highest BCUT2D eigenvalue weighted by Gasteiger charge is 2.48. The maximum atomic E-state index is 6.10. The zero-order valence-electron chi connectivity index (χ0n) is 20.5. The highest BCUT2D eigenvalue weighted by molar-refractivity contribution is 7.80. The molecule has 10 heteroatoms. The maximum absolute atomic E-state index is 6.10. The first-order chi connectivity index (χ1) is 17.5. The summed E-state index contributed by atoms with van der Waals surface area (Å²) >= 11 is 5.54. The number of nitrogens with one attached hydrogen (secondary N) is 3. The molecule has 9 nitrogen and oxygen atoms in total. The Labute approximate surface area is 216 Å². The fraction of sp³-hybridized carbons (Fsp3) is 0.346. The van der Waals surface area contributed by atoms with Crippen molar-refractivity contribution in [2.45, 2.75) is 24.3 Å². The predicted octanol–water partition coefficient (Wildman–Crippen LogP) is 3.15. The number of hydrogen-bond donors (Lipinski definition) is 3. The molecule has 0 radical (unpaired) electrons. The van der Waals surface area contributed by atoms with Crippen molar-refractivity contribution in [3.8, 4) is 17.0 Å². The number of anilines is 3. The summed E-state index contributed by atoms with van der Waals surface area (Å²) in [5.41, 5.74) is 3.87. The molecule has 0 aliphatic carbocycles. The van der Waals surface area contributed by atoms with Gasteiger partial charge in [0, 0.05) is 37.2 Å². The molecule has 0 bridgehead atoms. The zero-order chi connectivity index (χ0) is 25.1. The quantitative estimate of drug-likeness (QED) is 0.415. The molecule has 5 rings (SSSR count). The van der Waals surface area contributed by atoms with Gasteiger partial charge in [-0.15, -0.1) is 0 Å². The average molecular weight is 507 g/mol. The molecule has 2 fully saturated rings. The van der Waals surface area contributed by atoms with Crippen LogP contribution in [-0.4, -0.2) is 73.8 Å². The van der Waals surface area contributed by atoms with Gasteiger partial charge in [0.2, 0.25) is 5.95 Å². The van der Waals surface area contributed by atoms with Crippen molar-refractivity contribution < 1.29 is 14.2 Å². The maximum Gasteiger partial charge on any atom is 0.223 e. The minimum atomic E-state index is -0.127. The van der Waals surface area contributed by atoms with Crippen LogP contribution in [0.2, 0.25) is 0 Å². The van der Waals surface area contributed by atoms with Gasteiger partial charge in [-0.3, -0.25) is 0 Å². The third-order valence-electron chi connectivity index (χ3n) is 6.37. The number of fused-ring (bicyclic) bond motifs is 1. The van der Waals surface area contributed by atoms with Crippen LogP contribution in [0.25, 0.3) is 11.3 Å². The Morgan fingerprint density at radius 2 is 1.67 bits per heavy atom. The van der Waals surface area contributed by atoms with E-state index < -0.39 is 0 Å². The molecule has 2 aromatic carbocycles. The van der Waals surface area contributed by atoms with Crippen LogP contribution in [0.5, 0.6) is 5.75 Å². The smallest absolute Gasteiger partial charge is 0.223 e. The summed E-state index contributed by atoms with van der Waals surface area (Å²) in [6.07, 6.45) is 1.50. The van der Waals surface area contributed by atoms with E-state index in [2.05, 4.69) is 30.8 Å². The van der Waals surface area contributed by atoms with E-state index in [1.165, 1.54) is 0 Å². The topological polar surface area (TPSA) is 92.8 Å². The van der Waals surface area contributed by atoms with Gasteiger partial charge in [0.15, 0.2) is 5.11 Å². The molecule has 2 aliphatic heterocycles. The highest BCUT2D eigenvalue weighted by Crippen LogP contribution is 2.29. The standard InChI is InChI=1S/C26H30N6O3S/c1-32(2)18-8-6-17(7-9-18)28-26(36)31-22-15-35-23-21(14-34-24(22)23)30-25-27-13-12-20(29-25)16-4-10-19(33-3)11-5-16/h4-13,21-24H,14-15H2,1-3H3,(H,27,29,30)(H2,28,31,36)/t21-,22-,23+,24+/m0/s1. The van der Waals surface area contributed by atoms with Crippen LogP contribution >= 0.6 is 12.2 Å². The van der Waals surface area contributed by atoms with Crippen LogP contribution < -0.4 is 25.6 Å². The Morgan fingerprint density at radius 1 is 0.972 bits per heavy atom. The second-order valence-corrected chi connectivity index (χ2v) is 9.40. The van der Waals surface area contributed by atoms with Crippen LogP contribution in [0.1, 0.15) is 0 Å². The average Bonchev–Trinajstić information content (AvgIpc) is 3.48. The predicted molar refractivity (Wildman–Crippen MR) is 145 cm³/mol. The molecule has 1 aromatic heterocycles. The summed E-state index contributed by atoms with van der Waals surface area (Å²) in [6.45, 7) is 0.997. The van der Waals surface area contributed by atoms with Gasteiger partial charge < -0.3 is 35.1 Å². The van der Waals surface area contributed by atoms with Crippen molar-refractivity contribution in [3.05, 3.63) is 60.8 Å². The fourth-order valence-electron chi connectivity index (χ4n) is 4.44. The number of rotatable bonds is 7. The summed E-state index contributed by atoms with van der Waals surface area (Å²) in [5.74, 6) is 1.34. The second kappa shape index (κ2) is 10.7.